The molecule has 0 saturated carbocycles. The summed E-state index contributed by atoms with van der Waals surface area (Å²) in [6, 6.07) is 12.6. The largest absolute Gasteiger partial charge is 0.472 e. The van der Waals surface area contributed by atoms with Crippen molar-refractivity contribution in [2.45, 2.75) is 12.5 Å². The van der Waals surface area contributed by atoms with Gasteiger partial charge in [0.2, 0.25) is 0 Å². The van der Waals surface area contributed by atoms with Crippen LogP contribution in [0.3, 0.4) is 0 Å². The van der Waals surface area contributed by atoms with Crippen LogP contribution in [0.1, 0.15) is 17.0 Å². The van der Waals surface area contributed by atoms with Crippen molar-refractivity contribution in [2.75, 3.05) is 19.3 Å². The number of furan rings is 1. The molecule has 0 aliphatic heterocycles. The highest BCUT2D eigenvalue weighted by atomic mass is 32.1. The average molecular weight is 261 g/mol. The lowest BCUT2D eigenvalue weighted by Crippen LogP contribution is -2.25. The van der Waals surface area contributed by atoms with Gasteiger partial charge in [-0.3, -0.25) is 0 Å². The van der Waals surface area contributed by atoms with Crippen molar-refractivity contribution < 1.29 is 4.42 Å². The first-order chi connectivity index (χ1) is 8.79. The first kappa shape index (κ1) is 13.2. The van der Waals surface area contributed by atoms with Crippen LogP contribution < -0.4 is 0 Å². The van der Waals surface area contributed by atoms with E-state index in [1.807, 2.05) is 12.1 Å². The molecular weight excluding hydrogens is 242 g/mol. The summed E-state index contributed by atoms with van der Waals surface area (Å²) < 4.78 is 5.09. The third-order valence-electron chi connectivity index (χ3n) is 3.06. The summed E-state index contributed by atoms with van der Waals surface area (Å²) in [4.78, 5) is 2.30. The van der Waals surface area contributed by atoms with Crippen molar-refractivity contribution in [1.29, 1.82) is 0 Å². The lowest BCUT2D eigenvalue weighted by Gasteiger charge is -2.22. The van der Waals surface area contributed by atoms with E-state index in [2.05, 4.69) is 48.8 Å². The Labute approximate surface area is 114 Å². The Morgan fingerprint density at radius 3 is 2.61 bits per heavy atom. The van der Waals surface area contributed by atoms with E-state index in [0.29, 0.717) is 5.92 Å². The van der Waals surface area contributed by atoms with Crippen molar-refractivity contribution in [2.24, 2.45) is 0 Å². The van der Waals surface area contributed by atoms with Gasteiger partial charge < -0.3 is 9.32 Å². The highest BCUT2D eigenvalue weighted by molar-refractivity contribution is 7.80. The fourth-order valence-corrected chi connectivity index (χ4v) is 2.46. The Hall–Kier alpha value is -1.19. The van der Waals surface area contributed by atoms with Crippen molar-refractivity contribution in [3.63, 3.8) is 0 Å². The van der Waals surface area contributed by atoms with E-state index in [1.165, 1.54) is 11.1 Å². The third-order valence-corrected chi connectivity index (χ3v) is 3.50. The molecule has 1 heterocycles. The molecule has 1 atom stereocenters. The fourth-order valence-electron chi connectivity index (χ4n) is 2.13. The van der Waals surface area contributed by atoms with Gasteiger partial charge in [-0.2, -0.15) is 12.6 Å². The van der Waals surface area contributed by atoms with Crippen LogP contribution in [0.4, 0.5) is 0 Å². The summed E-state index contributed by atoms with van der Waals surface area (Å²) in [6.45, 7) is 1.91. The second-order valence-corrected chi connectivity index (χ2v) is 4.98. The number of rotatable bonds is 6. The van der Waals surface area contributed by atoms with E-state index in [4.69, 9.17) is 4.42 Å². The number of likely N-dealkylation sites (N-methyl/N-ethyl adjacent to an activating group) is 1. The molecular formula is C15H19NOS. The summed E-state index contributed by atoms with van der Waals surface area (Å²) in [7, 11) is 2.13. The zero-order valence-electron chi connectivity index (χ0n) is 10.6. The van der Waals surface area contributed by atoms with E-state index in [9.17, 15) is 0 Å². The number of hydrogen-bond donors (Lipinski definition) is 1. The molecule has 2 nitrogen and oxygen atoms in total. The van der Waals surface area contributed by atoms with Gasteiger partial charge >= 0.3 is 0 Å². The molecule has 0 radical (unpaired) electrons. The molecule has 0 amide bonds. The van der Waals surface area contributed by atoms with E-state index in [0.717, 1.165) is 18.8 Å². The molecule has 1 unspecified atom stereocenters. The monoisotopic (exact) mass is 261 g/mol. The Morgan fingerprint density at radius 1 is 1.22 bits per heavy atom. The summed E-state index contributed by atoms with van der Waals surface area (Å²) in [5.74, 6) is 1.33. The average Bonchev–Trinajstić information content (AvgIpc) is 2.90. The molecule has 0 aliphatic rings. The molecule has 0 fully saturated rings. The molecule has 0 N–H and O–H groups in total. The molecule has 96 valence electrons. The zero-order valence-corrected chi connectivity index (χ0v) is 11.5. The second kappa shape index (κ2) is 6.66. The Bertz CT molecular complexity index is 441. The first-order valence-electron chi connectivity index (χ1n) is 6.15. The molecule has 3 heteroatoms. The van der Waals surface area contributed by atoms with E-state index in [-0.39, 0.29) is 0 Å². The van der Waals surface area contributed by atoms with Crippen LogP contribution in [0, 0.1) is 0 Å². The first-order valence-corrected chi connectivity index (χ1v) is 6.78. The molecule has 0 spiro atoms. The molecule has 1 aromatic heterocycles. The van der Waals surface area contributed by atoms with Gasteiger partial charge in [-0.1, -0.05) is 30.3 Å². The van der Waals surface area contributed by atoms with Gasteiger partial charge in [0.1, 0.15) is 0 Å². The van der Waals surface area contributed by atoms with Gasteiger partial charge in [-0.05, 0) is 24.4 Å². The summed E-state index contributed by atoms with van der Waals surface area (Å²) in [5.41, 5.74) is 2.56. The van der Waals surface area contributed by atoms with E-state index < -0.39 is 0 Å². The van der Waals surface area contributed by atoms with Gasteiger partial charge in [0.15, 0.2) is 0 Å². The summed E-state index contributed by atoms with van der Waals surface area (Å²) in [6.07, 6.45) is 3.52. The third kappa shape index (κ3) is 3.65. The predicted molar refractivity (Wildman–Crippen MR) is 78.1 cm³/mol. The van der Waals surface area contributed by atoms with Gasteiger partial charge in [0, 0.05) is 24.6 Å². The quantitative estimate of drug-likeness (QED) is 0.802. The SMILES string of the molecule is CN(Cc1ccoc1)CC(CS)c1ccccc1. The standard InChI is InChI=1S/C15H19NOS/c1-16(9-13-7-8-17-11-13)10-15(12-18)14-5-3-2-4-6-14/h2-8,11,15,18H,9-10,12H2,1H3. The van der Waals surface area contributed by atoms with Crippen molar-refractivity contribution in [1.82, 2.24) is 4.90 Å². The maximum absolute atomic E-state index is 5.09. The number of benzene rings is 1. The Morgan fingerprint density at radius 2 is 2.00 bits per heavy atom. The number of nitrogens with zero attached hydrogens (tertiary/aromatic N) is 1. The Kier molecular flexibility index (Phi) is 4.90. The van der Waals surface area contributed by atoms with Crippen LogP contribution >= 0.6 is 12.6 Å². The van der Waals surface area contributed by atoms with Crippen LogP contribution in [-0.2, 0) is 6.54 Å². The van der Waals surface area contributed by atoms with Crippen LogP contribution in [0.2, 0.25) is 0 Å². The maximum atomic E-state index is 5.09. The summed E-state index contributed by atoms with van der Waals surface area (Å²) in [5, 5.41) is 0. The van der Waals surface area contributed by atoms with Gasteiger partial charge in [0.05, 0.1) is 12.5 Å². The molecule has 0 bridgehead atoms. The zero-order chi connectivity index (χ0) is 12.8. The van der Waals surface area contributed by atoms with E-state index >= 15 is 0 Å². The molecule has 18 heavy (non-hydrogen) atoms. The molecule has 0 aliphatic carbocycles. The lowest BCUT2D eigenvalue weighted by molar-refractivity contribution is 0.310. The second-order valence-electron chi connectivity index (χ2n) is 4.62. The van der Waals surface area contributed by atoms with Crippen LogP contribution in [-0.4, -0.2) is 24.2 Å². The number of hydrogen-bond acceptors (Lipinski definition) is 3. The Balaban J connectivity index is 1.94. The van der Waals surface area contributed by atoms with Gasteiger partial charge in [-0.15, -0.1) is 0 Å². The van der Waals surface area contributed by atoms with E-state index in [1.54, 1.807) is 12.5 Å². The molecule has 1 aromatic carbocycles. The van der Waals surface area contributed by atoms with Crippen LogP contribution in [0.25, 0.3) is 0 Å². The maximum Gasteiger partial charge on any atom is 0.0947 e. The lowest BCUT2D eigenvalue weighted by atomic mass is 10.0. The van der Waals surface area contributed by atoms with Crippen molar-refractivity contribution >= 4 is 12.6 Å². The van der Waals surface area contributed by atoms with Gasteiger partial charge in [-0.25, -0.2) is 0 Å². The highest BCUT2D eigenvalue weighted by Crippen LogP contribution is 2.18. The van der Waals surface area contributed by atoms with Crippen molar-refractivity contribution in [3.8, 4) is 0 Å². The summed E-state index contributed by atoms with van der Waals surface area (Å²) >= 11 is 4.47. The topological polar surface area (TPSA) is 16.4 Å². The minimum atomic E-state index is 0.464. The van der Waals surface area contributed by atoms with Crippen molar-refractivity contribution in [3.05, 3.63) is 60.1 Å². The molecule has 0 saturated heterocycles. The van der Waals surface area contributed by atoms with Gasteiger partial charge in [0.25, 0.3) is 0 Å². The predicted octanol–water partition coefficient (Wildman–Crippen LogP) is 3.43. The minimum absolute atomic E-state index is 0.464. The highest BCUT2D eigenvalue weighted by Gasteiger charge is 2.12. The molecule has 2 rings (SSSR count). The van der Waals surface area contributed by atoms with Crippen LogP contribution in [0.15, 0.2) is 53.3 Å². The van der Waals surface area contributed by atoms with Crippen LogP contribution in [0.5, 0.6) is 0 Å². The normalized spacial score (nSPS) is 12.8. The fraction of sp³-hybridized carbons (Fsp3) is 0.333. The minimum Gasteiger partial charge on any atom is -0.472 e. The number of thiol groups is 1. The smallest absolute Gasteiger partial charge is 0.0947 e. The molecule has 2 aromatic rings.